The molecule has 0 bridgehead atoms. The molecule has 7 heteroatoms. The van der Waals surface area contributed by atoms with Crippen LogP contribution in [-0.2, 0) is 15.6 Å². The van der Waals surface area contributed by atoms with Gasteiger partial charge in [-0.05, 0) is 11.6 Å². The highest BCUT2D eigenvalue weighted by molar-refractivity contribution is 7.99. The van der Waals surface area contributed by atoms with E-state index >= 15 is 0 Å². The van der Waals surface area contributed by atoms with Crippen LogP contribution in [0.4, 0.5) is 4.39 Å². The molecule has 1 aromatic carbocycles. The molecule has 1 rings (SSSR count). The molecule has 100 valence electrons. The molecule has 1 aromatic rings. The summed E-state index contributed by atoms with van der Waals surface area (Å²) in [6, 6.07) is 4.37. The lowest BCUT2D eigenvalue weighted by Crippen LogP contribution is -2.11. The lowest BCUT2D eigenvalue weighted by atomic mass is 10.1. The van der Waals surface area contributed by atoms with E-state index in [1.54, 1.807) is 12.1 Å². The summed E-state index contributed by atoms with van der Waals surface area (Å²) in [5, 5.41) is 7.18. The minimum atomic E-state index is -2.97. The Morgan fingerprint density at radius 3 is 2.67 bits per heavy atom. The Morgan fingerprint density at radius 2 is 2.17 bits per heavy atom. The molecule has 0 spiro atoms. The SMILES string of the molecule is CS(=O)(=O)CCSCc1ccc(C(=N)N)cc1F. The smallest absolute Gasteiger partial charge is 0.148 e. The van der Waals surface area contributed by atoms with Crippen LogP contribution in [0.25, 0.3) is 0 Å². The summed E-state index contributed by atoms with van der Waals surface area (Å²) in [7, 11) is -2.97. The number of hydrogen-bond donors (Lipinski definition) is 2. The van der Waals surface area contributed by atoms with Crippen LogP contribution >= 0.6 is 11.8 Å². The molecule has 0 unspecified atom stereocenters. The number of hydrogen-bond acceptors (Lipinski definition) is 4. The number of thioether (sulfide) groups is 1. The van der Waals surface area contributed by atoms with Crippen LogP contribution < -0.4 is 5.73 Å². The summed E-state index contributed by atoms with van der Waals surface area (Å²) in [6.07, 6.45) is 1.18. The largest absolute Gasteiger partial charge is 0.384 e. The Bertz CT molecular complexity index is 544. The first-order valence-corrected chi connectivity index (χ1v) is 8.39. The normalized spacial score (nSPS) is 11.4. The summed E-state index contributed by atoms with van der Waals surface area (Å²) in [5.74, 6) is 0.330. The number of nitrogens with two attached hydrogens (primary N) is 1. The van der Waals surface area contributed by atoms with Gasteiger partial charge in [0.2, 0.25) is 0 Å². The van der Waals surface area contributed by atoms with Gasteiger partial charge in [0.15, 0.2) is 0 Å². The number of nitrogen functional groups attached to an aromatic ring is 1. The molecular weight excluding hydrogens is 275 g/mol. The van der Waals surface area contributed by atoms with Gasteiger partial charge in [0.05, 0.1) is 5.75 Å². The fourth-order valence-electron chi connectivity index (χ4n) is 1.22. The van der Waals surface area contributed by atoms with Gasteiger partial charge in [-0.3, -0.25) is 5.41 Å². The number of nitrogens with one attached hydrogen (secondary N) is 1. The molecule has 3 N–H and O–H groups in total. The molecule has 0 aliphatic heterocycles. The highest BCUT2D eigenvalue weighted by Gasteiger charge is 2.07. The van der Waals surface area contributed by atoms with Gasteiger partial charge in [-0.25, -0.2) is 12.8 Å². The second-order valence-corrected chi connectivity index (χ2v) is 7.27. The average Bonchev–Trinajstić information content (AvgIpc) is 2.24. The summed E-state index contributed by atoms with van der Waals surface area (Å²) >= 11 is 1.36. The van der Waals surface area contributed by atoms with Gasteiger partial charge >= 0.3 is 0 Å². The Balaban J connectivity index is 2.56. The minimum Gasteiger partial charge on any atom is -0.384 e. The van der Waals surface area contributed by atoms with Crippen molar-refractivity contribution >= 4 is 27.4 Å². The van der Waals surface area contributed by atoms with Gasteiger partial charge < -0.3 is 5.73 Å². The summed E-state index contributed by atoms with van der Waals surface area (Å²) in [6.45, 7) is 0. The molecular formula is C11H15FN2O2S2. The van der Waals surface area contributed by atoms with Crippen molar-refractivity contribution in [3.63, 3.8) is 0 Å². The number of amidine groups is 1. The van der Waals surface area contributed by atoms with E-state index in [1.807, 2.05) is 0 Å². The standard InChI is InChI=1S/C11H15FN2O2S2/c1-18(15,16)5-4-17-7-9-3-2-8(11(13)14)6-10(9)12/h2-3,6H,4-5,7H2,1H3,(H3,13,14). The maximum Gasteiger partial charge on any atom is 0.148 e. The Labute approximate surface area is 110 Å². The molecule has 0 aliphatic rings. The number of benzene rings is 1. The van der Waals surface area contributed by atoms with Crippen LogP contribution in [-0.4, -0.2) is 32.0 Å². The van der Waals surface area contributed by atoms with Gasteiger partial charge in [0.1, 0.15) is 21.5 Å². The third-order valence-corrected chi connectivity index (χ3v) is 4.43. The van der Waals surface area contributed by atoms with Crippen molar-refractivity contribution in [2.45, 2.75) is 5.75 Å². The van der Waals surface area contributed by atoms with Crippen molar-refractivity contribution in [3.05, 3.63) is 35.1 Å². The number of sulfone groups is 1. The van der Waals surface area contributed by atoms with Crippen molar-refractivity contribution < 1.29 is 12.8 Å². The van der Waals surface area contributed by atoms with E-state index < -0.39 is 15.7 Å². The third kappa shape index (κ3) is 5.05. The first-order valence-electron chi connectivity index (χ1n) is 5.18. The van der Waals surface area contributed by atoms with Gasteiger partial charge in [-0.2, -0.15) is 11.8 Å². The van der Waals surface area contributed by atoms with E-state index in [1.165, 1.54) is 24.1 Å². The van der Waals surface area contributed by atoms with E-state index in [9.17, 15) is 12.8 Å². The molecule has 0 saturated carbocycles. The lowest BCUT2D eigenvalue weighted by Gasteiger charge is -2.05. The van der Waals surface area contributed by atoms with E-state index in [-0.39, 0.29) is 11.6 Å². The highest BCUT2D eigenvalue weighted by Crippen LogP contribution is 2.17. The molecule has 18 heavy (non-hydrogen) atoms. The molecule has 4 nitrogen and oxygen atoms in total. The molecule has 0 atom stereocenters. The van der Waals surface area contributed by atoms with Crippen molar-refractivity contribution in [1.29, 1.82) is 5.41 Å². The fraction of sp³-hybridized carbons (Fsp3) is 0.364. The van der Waals surface area contributed by atoms with E-state index in [2.05, 4.69) is 0 Å². The lowest BCUT2D eigenvalue weighted by molar-refractivity contribution is 0.603. The molecule has 0 amide bonds. The van der Waals surface area contributed by atoms with Gasteiger partial charge in [0, 0.05) is 23.3 Å². The first kappa shape index (κ1) is 15.0. The monoisotopic (exact) mass is 290 g/mol. The van der Waals surface area contributed by atoms with Gasteiger partial charge in [-0.1, -0.05) is 12.1 Å². The summed E-state index contributed by atoms with van der Waals surface area (Å²) in [5.41, 5.74) is 6.08. The van der Waals surface area contributed by atoms with Crippen LogP contribution in [0.2, 0.25) is 0 Å². The zero-order valence-electron chi connectivity index (χ0n) is 9.94. The van der Waals surface area contributed by atoms with E-state index in [4.69, 9.17) is 11.1 Å². The average molecular weight is 290 g/mol. The van der Waals surface area contributed by atoms with Gasteiger partial charge in [-0.15, -0.1) is 0 Å². The quantitative estimate of drug-likeness (QED) is 0.471. The topological polar surface area (TPSA) is 84.0 Å². The van der Waals surface area contributed by atoms with Crippen molar-refractivity contribution in [3.8, 4) is 0 Å². The zero-order chi connectivity index (χ0) is 13.8. The molecule has 0 saturated heterocycles. The van der Waals surface area contributed by atoms with E-state index in [0.717, 1.165) is 0 Å². The van der Waals surface area contributed by atoms with Crippen molar-refractivity contribution in [1.82, 2.24) is 0 Å². The minimum absolute atomic E-state index is 0.0881. The maximum absolute atomic E-state index is 13.6. The highest BCUT2D eigenvalue weighted by atomic mass is 32.2. The van der Waals surface area contributed by atoms with Crippen molar-refractivity contribution in [2.24, 2.45) is 5.73 Å². The molecule has 0 aromatic heterocycles. The number of rotatable bonds is 6. The third-order valence-electron chi connectivity index (χ3n) is 2.22. The molecule has 0 heterocycles. The zero-order valence-corrected chi connectivity index (χ0v) is 11.6. The van der Waals surface area contributed by atoms with E-state index in [0.29, 0.717) is 22.6 Å². The van der Waals surface area contributed by atoms with Crippen molar-refractivity contribution in [2.75, 3.05) is 17.8 Å². The Kier molecular flexibility index (Phi) is 5.15. The van der Waals surface area contributed by atoms with Crippen LogP contribution in [0.15, 0.2) is 18.2 Å². The number of halogens is 1. The maximum atomic E-state index is 13.6. The van der Waals surface area contributed by atoms with Crippen LogP contribution in [0.3, 0.4) is 0 Å². The Hall–Kier alpha value is -1.08. The second kappa shape index (κ2) is 6.19. The summed E-state index contributed by atoms with van der Waals surface area (Å²) in [4.78, 5) is 0. The van der Waals surface area contributed by atoms with Gasteiger partial charge in [0.25, 0.3) is 0 Å². The predicted molar refractivity (Wildman–Crippen MR) is 73.3 cm³/mol. The molecule has 0 radical (unpaired) electrons. The molecule has 0 aliphatic carbocycles. The van der Waals surface area contributed by atoms with Crippen LogP contribution in [0.1, 0.15) is 11.1 Å². The molecule has 0 fully saturated rings. The Morgan fingerprint density at radius 1 is 1.50 bits per heavy atom. The fourth-order valence-corrected chi connectivity index (χ4v) is 3.51. The first-order chi connectivity index (χ1) is 8.29. The summed E-state index contributed by atoms with van der Waals surface area (Å²) < 4.78 is 35.4. The predicted octanol–water partition coefficient (Wildman–Crippen LogP) is 1.39. The van der Waals surface area contributed by atoms with Crippen LogP contribution in [0, 0.1) is 11.2 Å². The second-order valence-electron chi connectivity index (χ2n) is 3.90. The van der Waals surface area contributed by atoms with Crippen LogP contribution in [0.5, 0.6) is 0 Å².